The Morgan fingerprint density at radius 2 is 1.71 bits per heavy atom. The Morgan fingerprint density at radius 1 is 1.04 bits per heavy atom. The molecule has 0 saturated heterocycles. The van der Waals surface area contributed by atoms with E-state index in [4.69, 9.17) is 4.52 Å². The number of benzene rings is 2. The summed E-state index contributed by atoms with van der Waals surface area (Å²) in [6, 6.07) is 10.5. The summed E-state index contributed by atoms with van der Waals surface area (Å²) in [6.45, 7) is 1.58. The number of aryl methyl sites for hydroxylation is 1. The number of sulfone groups is 1. The fourth-order valence-electron chi connectivity index (χ4n) is 2.49. The molecule has 7 heteroatoms. The van der Waals surface area contributed by atoms with Crippen molar-refractivity contribution in [3.63, 3.8) is 0 Å². The Hall–Kier alpha value is -2.54. The molecule has 124 valence electrons. The smallest absolute Gasteiger partial charge is 0.178 e. The second-order valence-corrected chi connectivity index (χ2v) is 7.35. The molecule has 3 rings (SSSR count). The van der Waals surface area contributed by atoms with Crippen LogP contribution in [-0.2, 0) is 9.84 Å². The van der Waals surface area contributed by atoms with Crippen LogP contribution in [0.1, 0.15) is 5.76 Å². The topological polar surface area (TPSA) is 60.2 Å². The summed E-state index contributed by atoms with van der Waals surface area (Å²) in [5.41, 5.74) is 1.23. The Morgan fingerprint density at radius 3 is 2.33 bits per heavy atom. The van der Waals surface area contributed by atoms with Crippen molar-refractivity contribution in [2.75, 3.05) is 6.26 Å². The molecule has 0 aliphatic rings. The lowest BCUT2D eigenvalue weighted by molar-refractivity contribution is 0.400. The van der Waals surface area contributed by atoms with Gasteiger partial charge < -0.3 is 4.52 Å². The molecule has 0 spiro atoms. The van der Waals surface area contributed by atoms with Gasteiger partial charge in [-0.05, 0) is 19.1 Å². The zero-order chi connectivity index (χ0) is 17.5. The van der Waals surface area contributed by atoms with E-state index in [-0.39, 0.29) is 11.1 Å². The van der Waals surface area contributed by atoms with Crippen molar-refractivity contribution in [3.05, 3.63) is 59.9 Å². The van der Waals surface area contributed by atoms with Gasteiger partial charge in [0.05, 0.1) is 5.56 Å². The molecule has 0 amide bonds. The van der Waals surface area contributed by atoms with E-state index in [9.17, 15) is 17.2 Å². The van der Waals surface area contributed by atoms with Crippen LogP contribution in [0.5, 0.6) is 0 Å². The summed E-state index contributed by atoms with van der Waals surface area (Å²) in [6.07, 6.45) is 0.824. The molecular formula is C17H13F2NO3S. The molecule has 0 N–H and O–H groups in total. The Labute approximate surface area is 137 Å². The molecule has 4 nitrogen and oxygen atoms in total. The fourth-order valence-corrected chi connectivity index (χ4v) is 3.22. The van der Waals surface area contributed by atoms with Crippen LogP contribution in [0.4, 0.5) is 8.78 Å². The molecule has 0 aliphatic heterocycles. The van der Waals surface area contributed by atoms with Crippen LogP contribution in [-0.4, -0.2) is 19.8 Å². The molecule has 0 bridgehead atoms. The molecule has 24 heavy (non-hydrogen) atoms. The largest absolute Gasteiger partial charge is 0.360 e. The van der Waals surface area contributed by atoms with Gasteiger partial charge in [-0.3, -0.25) is 0 Å². The Balaban J connectivity index is 2.25. The SMILES string of the molecule is Cc1onc(-c2ccccc2)c1-c1cc(F)c(S(C)(=O)=O)cc1F. The lowest BCUT2D eigenvalue weighted by atomic mass is 9.99. The summed E-state index contributed by atoms with van der Waals surface area (Å²) in [7, 11) is -3.87. The summed E-state index contributed by atoms with van der Waals surface area (Å²) >= 11 is 0. The first kappa shape index (κ1) is 16.3. The van der Waals surface area contributed by atoms with E-state index in [1.807, 2.05) is 6.07 Å². The minimum Gasteiger partial charge on any atom is -0.360 e. The normalized spacial score (nSPS) is 11.7. The fraction of sp³-hybridized carbons (Fsp3) is 0.118. The highest BCUT2D eigenvalue weighted by atomic mass is 32.2. The van der Waals surface area contributed by atoms with Gasteiger partial charge in [0.15, 0.2) is 9.84 Å². The molecule has 1 heterocycles. The number of rotatable bonds is 3. The highest BCUT2D eigenvalue weighted by Crippen LogP contribution is 2.37. The van der Waals surface area contributed by atoms with Crippen molar-refractivity contribution < 1.29 is 21.7 Å². The van der Waals surface area contributed by atoms with E-state index in [2.05, 4.69) is 5.16 Å². The highest BCUT2D eigenvalue weighted by molar-refractivity contribution is 7.90. The lowest BCUT2D eigenvalue weighted by Crippen LogP contribution is -2.03. The van der Waals surface area contributed by atoms with E-state index in [1.165, 1.54) is 0 Å². The Kier molecular flexibility index (Phi) is 3.96. The molecule has 0 aliphatic carbocycles. The minimum atomic E-state index is -3.87. The van der Waals surface area contributed by atoms with Crippen molar-refractivity contribution >= 4 is 9.84 Å². The van der Waals surface area contributed by atoms with Crippen LogP contribution in [0, 0.1) is 18.6 Å². The van der Waals surface area contributed by atoms with Crippen molar-refractivity contribution in [1.82, 2.24) is 5.16 Å². The monoisotopic (exact) mass is 349 g/mol. The van der Waals surface area contributed by atoms with Crippen molar-refractivity contribution in [2.24, 2.45) is 0 Å². The predicted molar refractivity (Wildman–Crippen MR) is 85.1 cm³/mol. The average molecular weight is 349 g/mol. The summed E-state index contributed by atoms with van der Waals surface area (Å²) in [5, 5.41) is 3.92. The molecule has 0 unspecified atom stereocenters. The zero-order valence-electron chi connectivity index (χ0n) is 12.9. The van der Waals surface area contributed by atoms with E-state index in [0.29, 0.717) is 23.1 Å². The number of halogens is 2. The third-order valence-corrected chi connectivity index (χ3v) is 4.71. The van der Waals surface area contributed by atoms with Crippen LogP contribution in [0.2, 0.25) is 0 Å². The highest BCUT2D eigenvalue weighted by Gasteiger charge is 2.23. The van der Waals surface area contributed by atoms with Crippen LogP contribution >= 0.6 is 0 Å². The third kappa shape index (κ3) is 2.82. The van der Waals surface area contributed by atoms with E-state index in [0.717, 1.165) is 12.3 Å². The first-order valence-corrected chi connectivity index (χ1v) is 8.89. The summed E-state index contributed by atoms with van der Waals surface area (Å²) in [4.78, 5) is -0.681. The molecular weight excluding hydrogens is 336 g/mol. The van der Waals surface area contributed by atoms with E-state index < -0.39 is 26.4 Å². The van der Waals surface area contributed by atoms with Crippen LogP contribution in [0.25, 0.3) is 22.4 Å². The van der Waals surface area contributed by atoms with Crippen LogP contribution < -0.4 is 0 Å². The van der Waals surface area contributed by atoms with Gasteiger partial charge in [0.2, 0.25) is 0 Å². The lowest BCUT2D eigenvalue weighted by Gasteiger charge is -2.08. The van der Waals surface area contributed by atoms with Gasteiger partial charge >= 0.3 is 0 Å². The number of aromatic nitrogens is 1. The summed E-state index contributed by atoms with van der Waals surface area (Å²) < 4.78 is 56.9. The second-order valence-electron chi connectivity index (χ2n) is 5.36. The molecule has 3 aromatic rings. The minimum absolute atomic E-state index is 0.0995. The van der Waals surface area contributed by atoms with Gasteiger partial charge in [-0.2, -0.15) is 0 Å². The van der Waals surface area contributed by atoms with Crippen molar-refractivity contribution in [2.45, 2.75) is 11.8 Å². The molecule has 0 radical (unpaired) electrons. The molecule has 1 aromatic heterocycles. The van der Waals surface area contributed by atoms with Gasteiger partial charge in [0.1, 0.15) is 28.0 Å². The van der Waals surface area contributed by atoms with Gasteiger partial charge in [0, 0.05) is 17.4 Å². The van der Waals surface area contributed by atoms with Crippen molar-refractivity contribution in [3.8, 4) is 22.4 Å². The second kappa shape index (κ2) is 5.83. The number of nitrogens with zero attached hydrogens (tertiary/aromatic N) is 1. The first-order chi connectivity index (χ1) is 11.3. The van der Waals surface area contributed by atoms with Crippen LogP contribution in [0.15, 0.2) is 51.9 Å². The van der Waals surface area contributed by atoms with E-state index >= 15 is 0 Å². The van der Waals surface area contributed by atoms with Crippen LogP contribution in [0.3, 0.4) is 0 Å². The summed E-state index contributed by atoms with van der Waals surface area (Å²) in [5.74, 6) is -1.58. The maximum Gasteiger partial charge on any atom is 0.178 e. The number of hydrogen-bond donors (Lipinski definition) is 0. The molecule has 0 fully saturated rings. The molecule has 0 saturated carbocycles. The maximum atomic E-state index is 14.5. The van der Waals surface area contributed by atoms with Gasteiger partial charge in [-0.1, -0.05) is 35.5 Å². The van der Waals surface area contributed by atoms with Crippen molar-refractivity contribution in [1.29, 1.82) is 0 Å². The Bertz CT molecular complexity index is 1010. The first-order valence-electron chi connectivity index (χ1n) is 7.00. The predicted octanol–water partition coefficient (Wildman–Crippen LogP) is 4.00. The number of hydrogen-bond acceptors (Lipinski definition) is 4. The standard InChI is InChI=1S/C17H13F2NO3S/c1-10-16(17(20-23-10)11-6-4-3-5-7-11)12-8-14(19)15(9-13(12)18)24(2,21)22/h3-9H,1-2H3. The zero-order valence-corrected chi connectivity index (χ0v) is 13.7. The molecule has 2 aromatic carbocycles. The van der Waals surface area contributed by atoms with Gasteiger partial charge in [0.25, 0.3) is 0 Å². The third-order valence-electron chi connectivity index (χ3n) is 3.60. The van der Waals surface area contributed by atoms with E-state index in [1.54, 1.807) is 31.2 Å². The maximum absolute atomic E-state index is 14.5. The quantitative estimate of drug-likeness (QED) is 0.717. The van der Waals surface area contributed by atoms with Gasteiger partial charge in [-0.15, -0.1) is 0 Å². The van der Waals surface area contributed by atoms with Gasteiger partial charge in [-0.25, -0.2) is 17.2 Å². The molecule has 0 atom stereocenters. The average Bonchev–Trinajstić information content (AvgIpc) is 2.90.